The van der Waals surface area contributed by atoms with Crippen molar-refractivity contribution in [1.82, 2.24) is 13.9 Å². The molecule has 2 saturated carbocycles. The Hall–Kier alpha value is -1.78. The van der Waals surface area contributed by atoms with Crippen molar-refractivity contribution in [3.05, 3.63) is 44.8 Å². The quantitative estimate of drug-likeness (QED) is 0.530. The van der Waals surface area contributed by atoms with E-state index in [0.29, 0.717) is 5.92 Å². The van der Waals surface area contributed by atoms with E-state index in [4.69, 9.17) is 0 Å². The van der Waals surface area contributed by atoms with Gasteiger partial charge in [0, 0.05) is 17.4 Å². The van der Waals surface area contributed by atoms with Gasteiger partial charge in [0.15, 0.2) is 0 Å². The van der Waals surface area contributed by atoms with E-state index in [0.717, 1.165) is 12.8 Å². The van der Waals surface area contributed by atoms with Gasteiger partial charge in [0.1, 0.15) is 0 Å². The summed E-state index contributed by atoms with van der Waals surface area (Å²) in [6.07, 6.45) is 10.2. The van der Waals surface area contributed by atoms with Crippen LogP contribution in [0.4, 0.5) is 0 Å². The van der Waals surface area contributed by atoms with Crippen LogP contribution in [0.2, 0.25) is 0 Å². The maximum absolute atomic E-state index is 14.1. The number of fused-ring (bicyclic) bond motifs is 2. The predicted molar refractivity (Wildman–Crippen MR) is 131 cm³/mol. The lowest BCUT2D eigenvalue weighted by Crippen LogP contribution is -2.64. The Bertz CT molecular complexity index is 1240. The molecule has 4 bridgehead atoms. The summed E-state index contributed by atoms with van der Waals surface area (Å²) in [5, 5.41) is 0. The molecule has 0 N–H and O–H groups in total. The number of hydrogen-bond donors (Lipinski definition) is 0. The molecule has 6 aliphatic rings. The van der Waals surface area contributed by atoms with Crippen LogP contribution in [0.1, 0.15) is 99.7 Å². The summed E-state index contributed by atoms with van der Waals surface area (Å²) < 4.78 is 5.39. The zero-order chi connectivity index (χ0) is 24.1. The number of hydrogen-bond acceptors (Lipinski definition) is 2. The lowest BCUT2D eigenvalue weighted by molar-refractivity contribution is -0.0653. The summed E-state index contributed by atoms with van der Waals surface area (Å²) in [7, 11) is 0. The molecule has 180 valence electrons. The molecule has 1 aromatic heterocycles. The van der Waals surface area contributed by atoms with Gasteiger partial charge in [-0.3, -0.25) is 0 Å². The third-order valence-corrected chi connectivity index (χ3v) is 11.4. The minimum atomic E-state index is -0.144. The van der Waals surface area contributed by atoms with Crippen LogP contribution in [0.15, 0.2) is 33.4 Å². The molecule has 0 aromatic carbocycles. The van der Waals surface area contributed by atoms with Gasteiger partial charge in [-0.05, 0) is 46.8 Å². The van der Waals surface area contributed by atoms with Crippen LogP contribution in [0.3, 0.4) is 0 Å². The number of aromatic nitrogens is 3. The summed E-state index contributed by atoms with van der Waals surface area (Å²) in [5.74, 6) is 0.842. The minimum Gasteiger partial charge on any atom is -0.246 e. The molecular formula is C28H41N3O2. The largest absolute Gasteiger partial charge is 0.348 e. The third-order valence-electron chi connectivity index (χ3n) is 11.4. The molecule has 5 nitrogen and oxygen atoms in total. The van der Waals surface area contributed by atoms with Gasteiger partial charge in [-0.1, -0.05) is 86.1 Å². The van der Waals surface area contributed by atoms with Gasteiger partial charge in [0.05, 0.1) is 12.1 Å². The van der Waals surface area contributed by atoms with Crippen LogP contribution in [0, 0.1) is 38.9 Å². The number of rotatable bonds is 1. The molecule has 0 saturated heterocycles. The predicted octanol–water partition coefficient (Wildman–Crippen LogP) is 5.50. The fourth-order valence-corrected chi connectivity index (χ4v) is 8.97. The molecule has 7 atom stereocenters. The van der Waals surface area contributed by atoms with Gasteiger partial charge >= 0.3 is 11.4 Å². The van der Waals surface area contributed by atoms with Crippen molar-refractivity contribution in [2.75, 3.05) is 0 Å². The van der Waals surface area contributed by atoms with Crippen LogP contribution in [0.25, 0.3) is 0 Å². The Morgan fingerprint density at radius 1 is 0.939 bits per heavy atom. The first-order valence-electron chi connectivity index (χ1n) is 13.0. The lowest BCUT2D eigenvalue weighted by atomic mass is 9.41. The van der Waals surface area contributed by atoms with Gasteiger partial charge in [-0.25, -0.2) is 23.5 Å². The van der Waals surface area contributed by atoms with Crippen molar-refractivity contribution < 1.29 is 0 Å². The van der Waals surface area contributed by atoms with Crippen molar-refractivity contribution in [3.8, 4) is 0 Å². The molecular weight excluding hydrogens is 410 g/mol. The Morgan fingerprint density at radius 3 is 2.09 bits per heavy atom. The van der Waals surface area contributed by atoms with Gasteiger partial charge in [-0.2, -0.15) is 0 Å². The maximum atomic E-state index is 14.1. The SMILES string of the molecule is CC(C)(C)C1=C[C@]2(C(C)(C)C)[C@@H]1[C@H]1C=C[C@H]2n2c(=O)n([C@@H]3C[C@H]4CC[C@@]3(C)C4(C)C)c(=O)n21. The summed E-state index contributed by atoms with van der Waals surface area (Å²) in [4.78, 5) is 28.2. The molecule has 0 amide bonds. The molecule has 1 aromatic rings. The van der Waals surface area contributed by atoms with Gasteiger partial charge in [0.25, 0.3) is 0 Å². The number of nitrogens with zero attached hydrogens (tertiary/aromatic N) is 3. The average molecular weight is 452 g/mol. The molecule has 4 aliphatic carbocycles. The first kappa shape index (κ1) is 21.7. The van der Waals surface area contributed by atoms with Crippen molar-refractivity contribution >= 4 is 0 Å². The molecule has 33 heavy (non-hydrogen) atoms. The number of allylic oxidation sites excluding steroid dienone is 4. The Balaban J connectivity index is 1.57. The Kier molecular flexibility index (Phi) is 3.76. The first-order valence-corrected chi connectivity index (χ1v) is 13.0. The Labute approximate surface area is 197 Å². The van der Waals surface area contributed by atoms with Crippen LogP contribution in [-0.2, 0) is 0 Å². The van der Waals surface area contributed by atoms with E-state index < -0.39 is 0 Å². The van der Waals surface area contributed by atoms with Crippen molar-refractivity contribution in [1.29, 1.82) is 0 Å². The van der Waals surface area contributed by atoms with Crippen LogP contribution in [0.5, 0.6) is 0 Å². The second kappa shape index (κ2) is 5.71. The van der Waals surface area contributed by atoms with Gasteiger partial charge in [0.2, 0.25) is 0 Å². The van der Waals surface area contributed by atoms with Gasteiger partial charge in [-0.15, -0.1) is 0 Å². The third kappa shape index (κ3) is 2.13. The van der Waals surface area contributed by atoms with Crippen molar-refractivity contribution in [3.63, 3.8) is 0 Å². The fourth-order valence-electron chi connectivity index (χ4n) is 8.97. The molecule has 2 aliphatic heterocycles. The first-order chi connectivity index (χ1) is 15.1. The minimum absolute atomic E-state index is 0.00506. The van der Waals surface area contributed by atoms with E-state index in [-0.39, 0.29) is 62.5 Å². The molecule has 0 spiro atoms. The molecule has 0 unspecified atom stereocenters. The fraction of sp³-hybridized carbons (Fsp3) is 0.786. The van der Waals surface area contributed by atoms with Gasteiger partial charge < -0.3 is 0 Å². The van der Waals surface area contributed by atoms with E-state index in [2.05, 4.69) is 80.5 Å². The van der Waals surface area contributed by atoms with Crippen LogP contribution < -0.4 is 11.4 Å². The van der Waals surface area contributed by atoms with Crippen molar-refractivity contribution in [2.45, 2.75) is 99.7 Å². The lowest BCUT2D eigenvalue weighted by Gasteiger charge is -2.66. The molecule has 0 radical (unpaired) electrons. The highest BCUT2D eigenvalue weighted by Gasteiger charge is 2.68. The highest BCUT2D eigenvalue weighted by Crippen LogP contribution is 2.72. The van der Waals surface area contributed by atoms with E-state index in [1.54, 1.807) is 4.57 Å². The highest BCUT2D eigenvalue weighted by molar-refractivity contribution is 5.44. The molecule has 2 fully saturated rings. The Morgan fingerprint density at radius 2 is 1.58 bits per heavy atom. The summed E-state index contributed by atoms with van der Waals surface area (Å²) in [5.41, 5.74) is 1.28. The summed E-state index contributed by atoms with van der Waals surface area (Å²) in [6.45, 7) is 20.7. The smallest absolute Gasteiger partial charge is 0.246 e. The maximum Gasteiger partial charge on any atom is 0.348 e. The monoisotopic (exact) mass is 451 g/mol. The standard InChI is InChI=1S/C28H41N3O2/c1-24(2,3)17-15-28(25(4,5)6)19-11-10-18(21(17)28)30-22(32)29(23(33)31(19)30)20-14-16-12-13-27(20,9)26(16,7)8/h10-11,15-16,18-21H,12-14H2,1-9H3/t16-,18-,19-,20-,21+,27-,28-/m1/s1. The van der Waals surface area contributed by atoms with Crippen LogP contribution >= 0.6 is 0 Å². The topological polar surface area (TPSA) is 48.9 Å². The molecule has 3 heterocycles. The van der Waals surface area contributed by atoms with E-state index in [9.17, 15) is 9.59 Å². The zero-order valence-corrected chi connectivity index (χ0v) is 21.9. The second-order valence-electron chi connectivity index (χ2n) is 14.6. The molecule has 7 rings (SSSR count). The van der Waals surface area contributed by atoms with E-state index in [1.165, 1.54) is 12.0 Å². The van der Waals surface area contributed by atoms with Crippen LogP contribution in [-0.4, -0.2) is 13.9 Å². The zero-order valence-electron chi connectivity index (χ0n) is 21.9. The second-order valence-corrected chi connectivity index (χ2v) is 14.6. The van der Waals surface area contributed by atoms with E-state index >= 15 is 0 Å². The van der Waals surface area contributed by atoms with E-state index in [1.807, 2.05) is 9.36 Å². The average Bonchev–Trinajstić information content (AvgIpc) is 3.11. The van der Waals surface area contributed by atoms with Crippen molar-refractivity contribution in [2.24, 2.45) is 38.9 Å². The summed E-state index contributed by atoms with van der Waals surface area (Å²) >= 11 is 0. The highest BCUT2D eigenvalue weighted by atomic mass is 16.2. The summed E-state index contributed by atoms with van der Waals surface area (Å²) in [6, 6.07) is -0.205. The molecule has 5 heteroatoms. The normalized spacial score (nSPS) is 42.2.